The van der Waals surface area contributed by atoms with E-state index in [9.17, 15) is 34.2 Å². The van der Waals surface area contributed by atoms with Crippen molar-refractivity contribution in [3.05, 3.63) is 50.5 Å². The van der Waals surface area contributed by atoms with Gasteiger partial charge >= 0.3 is 5.97 Å². The van der Waals surface area contributed by atoms with Crippen molar-refractivity contribution in [2.24, 2.45) is 5.16 Å². The first-order chi connectivity index (χ1) is 21.7. The second-order valence-corrected chi connectivity index (χ2v) is 15.2. The third kappa shape index (κ3) is 8.12. The fraction of sp³-hybridized carbons (Fsp3) is 0.483. The average molecular weight is 692 g/mol. The summed E-state index contributed by atoms with van der Waals surface area (Å²) in [6, 6.07) is 0.149. The number of ether oxygens (including phenoxy) is 1. The first-order valence-corrected chi connectivity index (χ1v) is 16.2. The Kier molecular flexibility index (Phi) is 9.80. The Morgan fingerprint density at radius 1 is 1.23 bits per heavy atom. The Morgan fingerprint density at radius 2 is 1.91 bits per heavy atom. The number of esters is 1. The zero-order chi connectivity index (χ0) is 35.1. The van der Waals surface area contributed by atoms with Gasteiger partial charge in [-0.3, -0.25) is 19.3 Å². The molecule has 0 radical (unpaired) electrons. The number of nitrogens with zero attached hydrogens (tertiary/aromatic N) is 4. The highest BCUT2D eigenvalue weighted by Gasteiger charge is 2.53. The lowest BCUT2D eigenvalue weighted by molar-refractivity contribution is -0.899. The summed E-state index contributed by atoms with van der Waals surface area (Å²) < 4.78 is 5.58. The molecule has 16 nitrogen and oxygen atoms in total. The number of carbonyl (C=O) groups is 4. The number of carboxylic acid groups (broad SMARTS) is 1. The van der Waals surface area contributed by atoms with E-state index in [2.05, 4.69) is 20.4 Å². The summed E-state index contributed by atoms with van der Waals surface area (Å²) >= 11 is 2.30. The molecule has 2 atom stereocenters. The van der Waals surface area contributed by atoms with Crippen LogP contribution in [0.5, 0.6) is 5.75 Å². The maximum Gasteiger partial charge on any atom is 0.353 e. The van der Waals surface area contributed by atoms with Gasteiger partial charge in [-0.1, -0.05) is 5.16 Å². The third-order valence-electron chi connectivity index (χ3n) is 6.93. The number of quaternary nitrogens is 1. The zero-order valence-corrected chi connectivity index (χ0v) is 28.5. The summed E-state index contributed by atoms with van der Waals surface area (Å²) in [6.45, 7) is 8.38. The maximum absolute atomic E-state index is 13.5. The van der Waals surface area contributed by atoms with Gasteiger partial charge in [-0.2, -0.15) is 0 Å². The number of H-pyrrole nitrogens is 1. The van der Waals surface area contributed by atoms with Gasteiger partial charge < -0.3 is 45.1 Å². The number of aromatic hydroxyl groups is 1. The third-order valence-corrected chi connectivity index (χ3v) is 8.95. The summed E-state index contributed by atoms with van der Waals surface area (Å²) in [7, 11) is 3.64. The van der Waals surface area contributed by atoms with E-state index in [1.54, 1.807) is 20.8 Å². The number of carboxylic acids is 1. The summed E-state index contributed by atoms with van der Waals surface area (Å²) in [5.74, 6) is -4.01. The highest BCUT2D eigenvalue weighted by Crippen LogP contribution is 2.40. The van der Waals surface area contributed by atoms with Gasteiger partial charge in [0.25, 0.3) is 11.8 Å². The van der Waals surface area contributed by atoms with E-state index < -0.39 is 57.5 Å². The topological polar surface area (TPSA) is 229 Å². The minimum Gasteiger partial charge on any atom is -0.543 e. The molecule has 2 aliphatic heterocycles. The van der Waals surface area contributed by atoms with Crippen molar-refractivity contribution in [1.29, 1.82) is 0 Å². The lowest BCUT2D eigenvalue weighted by Gasteiger charge is -2.51. The van der Waals surface area contributed by atoms with E-state index >= 15 is 0 Å². The number of nitrogens with one attached hydrogen (secondary N) is 2. The number of likely N-dealkylation sites (N-methyl/N-ethyl adjacent to an activating group) is 1. The number of rotatable bonds is 11. The van der Waals surface area contributed by atoms with Gasteiger partial charge in [-0.25, -0.2) is 9.78 Å². The van der Waals surface area contributed by atoms with Crippen LogP contribution < -0.4 is 21.6 Å². The summed E-state index contributed by atoms with van der Waals surface area (Å²) in [5.41, 5.74) is 3.18. The second-order valence-electron chi connectivity index (χ2n) is 13.2. The first kappa shape index (κ1) is 35.4. The van der Waals surface area contributed by atoms with Crippen molar-refractivity contribution in [3.8, 4) is 5.75 Å². The highest BCUT2D eigenvalue weighted by molar-refractivity contribution is 8.00. The van der Waals surface area contributed by atoms with Crippen LogP contribution >= 0.6 is 23.1 Å². The number of hydrogen-bond acceptors (Lipinski definition) is 14. The molecule has 0 unspecified atom stereocenters. The van der Waals surface area contributed by atoms with Crippen LogP contribution in [0.4, 0.5) is 5.13 Å². The molecule has 0 bridgehead atoms. The number of aromatic amines is 1. The van der Waals surface area contributed by atoms with Crippen molar-refractivity contribution >= 4 is 57.7 Å². The van der Waals surface area contributed by atoms with E-state index in [0.717, 1.165) is 16.2 Å². The number of β-lactam (4-membered cyclic amide) rings is 1. The monoisotopic (exact) mass is 691 g/mol. The Hall–Kier alpha value is -4.42. The van der Waals surface area contributed by atoms with E-state index in [1.807, 2.05) is 14.1 Å². The number of anilines is 1. The van der Waals surface area contributed by atoms with Crippen LogP contribution in [0.25, 0.3) is 0 Å². The largest absolute Gasteiger partial charge is 0.543 e. The van der Waals surface area contributed by atoms with Crippen LogP contribution in [0.15, 0.2) is 38.9 Å². The minimum atomic E-state index is -1.60. The molecule has 2 aromatic rings. The molecule has 254 valence electrons. The van der Waals surface area contributed by atoms with Crippen molar-refractivity contribution in [2.45, 2.75) is 63.8 Å². The number of oxime groups is 1. The smallest absolute Gasteiger partial charge is 0.353 e. The van der Waals surface area contributed by atoms with Gasteiger partial charge in [0.05, 0.1) is 31.5 Å². The Morgan fingerprint density at radius 3 is 2.49 bits per heavy atom. The molecule has 4 rings (SSSR count). The number of hydrogen-bond donors (Lipinski definition) is 4. The van der Waals surface area contributed by atoms with Gasteiger partial charge in [0.1, 0.15) is 35.8 Å². The standard InChI is InChI=1S/C29H37N7O9S2/c1-28(2,3)44-26(43)29(4,5)45-34-19(16-13-47-27(30)32-16)22(39)33-20-23(40)35-21(25(41)42)14(12-46-24(20)35)10-36(6,7)11-15-8-17(37)18(38)9-31-15/h8-9,13,20,24H,10-12H2,1-7H3,(H5-,30,31,32,33,34,37,38,39,41,42)/t20-,24-/m1/s1. The minimum absolute atomic E-state index is 0.0393. The van der Waals surface area contributed by atoms with Crippen LogP contribution in [0, 0.1) is 0 Å². The Balaban J connectivity index is 1.53. The van der Waals surface area contributed by atoms with Crippen LogP contribution in [0.1, 0.15) is 46.0 Å². The summed E-state index contributed by atoms with van der Waals surface area (Å²) in [6.07, 6.45) is 1.19. The van der Waals surface area contributed by atoms with Crippen LogP contribution in [0.3, 0.4) is 0 Å². The highest BCUT2D eigenvalue weighted by atomic mass is 32.2. The molecule has 47 heavy (non-hydrogen) atoms. The molecule has 4 heterocycles. The molecule has 2 aromatic heterocycles. The molecular weight excluding hydrogens is 654 g/mol. The quantitative estimate of drug-likeness (QED) is 0.0779. The van der Waals surface area contributed by atoms with Crippen molar-refractivity contribution in [3.63, 3.8) is 0 Å². The fourth-order valence-corrected chi connectivity index (χ4v) is 6.72. The first-order valence-electron chi connectivity index (χ1n) is 14.3. The number of nitrogen functional groups attached to an aromatic ring is 1. The average Bonchev–Trinajstić information content (AvgIpc) is 3.37. The lowest BCUT2D eigenvalue weighted by Crippen LogP contribution is -2.71. The van der Waals surface area contributed by atoms with E-state index in [1.165, 1.54) is 43.3 Å². The number of nitrogens with two attached hydrogens (primary N) is 1. The van der Waals surface area contributed by atoms with E-state index in [0.29, 0.717) is 11.3 Å². The van der Waals surface area contributed by atoms with Crippen LogP contribution in [0.2, 0.25) is 0 Å². The van der Waals surface area contributed by atoms with Gasteiger partial charge in [0, 0.05) is 29.0 Å². The number of thiazole rings is 1. The molecule has 2 aliphatic rings. The van der Waals surface area contributed by atoms with Gasteiger partial charge in [0.15, 0.2) is 16.6 Å². The predicted octanol–water partition coefficient (Wildman–Crippen LogP) is -0.359. The Labute approximate surface area is 278 Å². The number of aliphatic carboxylic acids is 1. The van der Waals surface area contributed by atoms with Gasteiger partial charge in [-0.05, 0) is 34.6 Å². The number of amides is 2. The summed E-state index contributed by atoms with van der Waals surface area (Å²) in [4.78, 5) is 77.2. The second kappa shape index (κ2) is 13.0. The molecule has 5 N–H and O–H groups in total. The molecule has 0 saturated carbocycles. The number of aromatic nitrogens is 2. The summed E-state index contributed by atoms with van der Waals surface area (Å²) in [5, 5.41) is 29.2. The molecule has 0 aliphatic carbocycles. The van der Waals surface area contributed by atoms with Crippen molar-refractivity contribution in [2.75, 3.05) is 32.1 Å². The molecule has 1 fully saturated rings. The normalized spacial score (nSPS) is 18.7. The van der Waals surface area contributed by atoms with Crippen LogP contribution in [-0.4, -0.2) is 103 Å². The van der Waals surface area contributed by atoms with Crippen molar-refractivity contribution in [1.82, 2.24) is 20.2 Å². The fourth-order valence-electron chi connectivity index (χ4n) is 4.83. The predicted molar refractivity (Wildman–Crippen MR) is 171 cm³/mol. The molecule has 0 spiro atoms. The lowest BCUT2D eigenvalue weighted by atomic mass is 10.0. The van der Waals surface area contributed by atoms with Gasteiger partial charge in [0.2, 0.25) is 11.0 Å². The Bertz CT molecular complexity index is 1720. The number of carbonyl (C=O) groups excluding carboxylic acids is 4. The number of thioether (sulfide) groups is 1. The van der Waals surface area contributed by atoms with E-state index in [-0.39, 0.29) is 45.6 Å². The zero-order valence-electron chi connectivity index (χ0n) is 26.9. The molecule has 18 heteroatoms. The molecule has 2 amide bonds. The molecular formula is C29H37N7O9S2. The number of fused-ring (bicyclic) bond motifs is 1. The molecule has 0 aromatic carbocycles. The van der Waals surface area contributed by atoms with Gasteiger partial charge in [-0.15, -0.1) is 23.1 Å². The van der Waals surface area contributed by atoms with Crippen LogP contribution in [-0.2, 0) is 35.3 Å². The van der Waals surface area contributed by atoms with Crippen molar-refractivity contribution < 1.29 is 43.4 Å². The van der Waals surface area contributed by atoms with E-state index in [4.69, 9.17) is 15.3 Å². The maximum atomic E-state index is 13.5. The molecule has 1 saturated heterocycles. The SMILES string of the molecule is CC(C)(C)OC(=O)C(C)(C)ON=C(C(=O)N[C@@H]1C(=O)N2C(C(=O)[O-])=C(C[N+](C)(C)Cc3cc(=O)c(O)c[nH]3)CS[C@H]12)c1csc(N)n1. The number of pyridine rings is 1.